The molecule has 18 heavy (non-hydrogen) atoms. The first-order valence-electron chi connectivity index (χ1n) is 5.29. The van der Waals surface area contributed by atoms with Gasteiger partial charge in [0, 0.05) is 17.0 Å². The van der Waals surface area contributed by atoms with E-state index >= 15 is 0 Å². The molecule has 0 unspecified atom stereocenters. The van der Waals surface area contributed by atoms with Gasteiger partial charge in [-0.05, 0) is 35.9 Å². The van der Waals surface area contributed by atoms with E-state index in [2.05, 4.69) is 0 Å². The van der Waals surface area contributed by atoms with Crippen molar-refractivity contribution in [3.63, 3.8) is 0 Å². The van der Waals surface area contributed by atoms with E-state index in [1.807, 2.05) is 6.07 Å². The fourth-order valence-corrected chi connectivity index (χ4v) is 2.00. The molecule has 0 aliphatic carbocycles. The van der Waals surface area contributed by atoms with Crippen molar-refractivity contribution in [1.29, 1.82) is 0 Å². The van der Waals surface area contributed by atoms with E-state index in [-0.39, 0.29) is 17.2 Å². The average Bonchev–Trinajstić information content (AvgIpc) is 2.32. The van der Waals surface area contributed by atoms with Gasteiger partial charge in [-0.15, -0.1) is 0 Å². The number of ketones is 1. The van der Waals surface area contributed by atoms with Gasteiger partial charge in [0.1, 0.15) is 5.82 Å². The Hall–Kier alpha value is -1.38. The van der Waals surface area contributed by atoms with Crippen molar-refractivity contribution < 1.29 is 9.18 Å². The Morgan fingerprint density at radius 1 is 1.11 bits per heavy atom. The van der Waals surface area contributed by atoms with Crippen LogP contribution in [0.5, 0.6) is 0 Å². The van der Waals surface area contributed by atoms with Crippen LogP contribution in [0.1, 0.15) is 15.9 Å². The van der Waals surface area contributed by atoms with E-state index in [1.54, 1.807) is 18.2 Å². The Morgan fingerprint density at radius 2 is 1.89 bits per heavy atom. The molecule has 0 bridgehead atoms. The van der Waals surface area contributed by atoms with Gasteiger partial charge in [0.15, 0.2) is 5.78 Å². The molecular weight excluding hydrogens is 274 g/mol. The Kier molecular flexibility index (Phi) is 4.00. The molecule has 0 amide bonds. The second-order valence-corrected chi connectivity index (χ2v) is 4.70. The number of hydrogen-bond acceptors (Lipinski definition) is 1. The van der Waals surface area contributed by atoms with Crippen molar-refractivity contribution in [1.82, 2.24) is 0 Å². The van der Waals surface area contributed by atoms with Crippen molar-refractivity contribution >= 4 is 29.0 Å². The molecule has 2 aromatic carbocycles. The molecule has 0 aliphatic heterocycles. The first-order chi connectivity index (χ1) is 8.56. The molecule has 2 aromatic rings. The van der Waals surface area contributed by atoms with Gasteiger partial charge in [0.05, 0.1) is 5.02 Å². The fraction of sp³-hybridized carbons (Fsp3) is 0.0714. The number of carbonyl (C=O) groups is 1. The maximum Gasteiger partial charge on any atom is 0.167 e. The highest BCUT2D eigenvalue weighted by Crippen LogP contribution is 2.18. The summed E-state index contributed by atoms with van der Waals surface area (Å²) in [6.07, 6.45) is 0.211. The SMILES string of the molecule is O=C(Cc1cccc(Cl)c1)c1ccc(F)c(Cl)c1. The summed E-state index contributed by atoms with van der Waals surface area (Å²) in [5.74, 6) is -0.657. The summed E-state index contributed by atoms with van der Waals surface area (Å²) in [6.45, 7) is 0. The highest BCUT2D eigenvalue weighted by molar-refractivity contribution is 6.31. The van der Waals surface area contributed by atoms with E-state index < -0.39 is 5.82 Å². The van der Waals surface area contributed by atoms with Crippen molar-refractivity contribution in [3.05, 3.63) is 69.5 Å². The van der Waals surface area contributed by atoms with Gasteiger partial charge in [-0.1, -0.05) is 35.3 Å². The molecule has 4 heteroatoms. The summed E-state index contributed by atoms with van der Waals surface area (Å²) in [4.78, 5) is 12.0. The van der Waals surface area contributed by atoms with Crippen LogP contribution in [0.15, 0.2) is 42.5 Å². The van der Waals surface area contributed by atoms with Gasteiger partial charge in [0.25, 0.3) is 0 Å². The lowest BCUT2D eigenvalue weighted by Crippen LogP contribution is -2.03. The third kappa shape index (κ3) is 3.09. The minimum absolute atomic E-state index is 0.0491. The number of benzene rings is 2. The van der Waals surface area contributed by atoms with Crippen LogP contribution in [0.4, 0.5) is 4.39 Å². The maximum atomic E-state index is 13.0. The number of hydrogen-bond donors (Lipinski definition) is 0. The molecule has 92 valence electrons. The summed E-state index contributed by atoms with van der Waals surface area (Å²) in [5, 5.41) is 0.532. The number of rotatable bonds is 3. The zero-order chi connectivity index (χ0) is 13.1. The second-order valence-electron chi connectivity index (χ2n) is 3.86. The Morgan fingerprint density at radius 3 is 2.56 bits per heavy atom. The number of halogens is 3. The second kappa shape index (κ2) is 5.51. The van der Waals surface area contributed by atoms with E-state index in [4.69, 9.17) is 23.2 Å². The van der Waals surface area contributed by atoms with Crippen LogP contribution < -0.4 is 0 Å². The molecule has 0 saturated heterocycles. The minimum atomic E-state index is -0.532. The molecule has 0 aromatic heterocycles. The predicted octanol–water partition coefficient (Wildman–Crippen LogP) is 4.56. The summed E-state index contributed by atoms with van der Waals surface area (Å²) in [7, 11) is 0. The topological polar surface area (TPSA) is 17.1 Å². The van der Waals surface area contributed by atoms with Gasteiger partial charge >= 0.3 is 0 Å². The molecule has 0 saturated carbocycles. The van der Waals surface area contributed by atoms with E-state index in [0.717, 1.165) is 5.56 Å². The van der Waals surface area contributed by atoms with Crippen LogP contribution in [0.2, 0.25) is 10.0 Å². The molecule has 0 atom stereocenters. The van der Waals surface area contributed by atoms with Crippen molar-refractivity contribution in [2.45, 2.75) is 6.42 Å². The van der Waals surface area contributed by atoms with Gasteiger partial charge in [0.2, 0.25) is 0 Å². The summed E-state index contributed by atoms with van der Waals surface area (Å²) in [5.41, 5.74) is 1.20. The lowest BCUT2D eigenvalue weighted by molar-refractivity contribution is 0.0993. The van der Waals surface area contributed by atoms with Crippen molar-refractivity contribution in [2.75, 3.05) is 0 Å². The number of carbonyl (C=O) groups excluding carboxylic acids is 1. The average molecular weight is 283 g/mol. The highest BCUT2D eigenvalue weighted by atomic mass is 35.5. The largest absolute Gasteiger partial charge is 0.294 e. The van der Waals surface area contributed by atoms with Crippen LogP contribution in [0.3, 0.4) is 0 Å². The first kappa shape index (κ1) is 13.1. The molecule has 0 aliphatic rings. The molecule has 2 rings (SSSR count). The minimum Gasteiger partial charge on any atom is -0.294 e. The summed E-state index contributed by atoms with van der Waals surface area (Å²) >= 11 is 11.5. The summed E-state index contributed by atoms with van der Waals surface area (Å²) < 4.78 is 13.0. The van der Waals surface area contributed by atoms with Crippen LogP contribution >= 0.6 is 23.2 Å². The van der Waals surface area contributed by atoms with E-state index in [0.29, 0.717) is 10.6 Å². The molecule has 0 heterocycles. The molecule has 0 fully saturated rings. The van der Waals surface area contributed by atoms with E-state index in [1.165, 1.54) is 18.2 Å². The van der Waals surface area contributed by atoms with Crippen LogP contribution in [0, 0.1) is 5.82 Å². The lowest BCUT2D eigenvalue weighted by Gasteiger charge is -2.03. The quantitative estimate of drug-likeness (QED) is 0.755. The zero-order valence-electron chi connectivity index (χ0n) is 9.29. The van der Waals surface area contributed by atoms with Crippen LogP contribution in [0.25, 0.3) is 0 Å². The van der Waals surface area contributed by atoms with Crippen LogP contribution in [-0.2, 0) is 6.42 Å². The Labute approximate surface area is 114 Å². The predicted molar refractivity (Wildman–Crippen MR) is 70.9 cm³/mol. The maximum absolute atomic E-state index is 13.0. The van der Waals surface area contributed by atoms with Crippen molar-refractivity contribution in [3.8, 4) is 0 Å². The van der Waals surface area contributed by atoms with Crippen LogP contribution in [-0.4, -0.2) is 5.78 Å². The molecule has 0 spiro atoms. The standard InChI is InChI=1S/C14H9Cl2FO/c15-11-3-1-2-9(6-11)7-14(18)10-4-5-13(17)12(16)8-10/h1-6,8H,7H2. The zero-order valence-corrected chi connectivity index (χ0v) is 10.8. The number of Topliss-reactive ketones (excluding diaryl/α,β-unsaturated/α-hetero) is 1. The Balaban J connectivity index is 2.19. The van der Waals surface area contributed by atoms with Crippen molar-refractivity contribution in [2.24, 2.45) is 0 Å². The third-order valence-electron chi connectivity index (χ3n) is 2.50. The highest BCUT2D eigenvalue weighted by Gasteiger charge is 2.09. The fourth-order valence-electron chi connectivity index (χ4n) is 1.60. The molecule has 0 radical (unpaired) electrons. The smallest absolute Gasteiger partial charge is 0.167 e. The lowest BCUT2D eigenvalue weighted by atomic mass is 10.0. The van der Waals surface area contributed by atoms with Gasteiger partial charge < -0.3 is 0 Å². The van der Waals surface area contributed by atoms with Gasteiger partial charge in [-0.2, -0.15) is 0 Å². The monoisotopic (exact) mass is 282 g/mol. The van der Waals surface area contributed by atoms with E-state index in [9.17, 15) is 9.18 Å². The molecule has 0 N–H and O–H groups in total. The summed E-state index contributed by atoms with van der Waals surface area (Å²) in [6, 6.07) is 11.0. The first-order valence-corrected chi connectivity index (χ1v) is 6.04. The molecule has 1 nitrogen and oxygen atoms in total. The third-order valence-corrected chi connectivity index (χ3v) is 3.02. The van der Waals surface area contributed by atoms with Gasteiger partial charge in [-0.3, -0.25) is 4.79 Å². The normalized spacial score (nSPS) is 10.4. The molecular formula is C14H9Cl2FO. The Bertz CT molecular complexity index is 596. The van der Waals surface area contributed by atoms with Gasteiger partial charge in [-0.25, -0.2) is 4.39 Å².